The SMILES string of the molecule is C/C=C(\N)c1c(C)c(F)c(C(C)n2cnc(C)c2)c2[nH]ncc12. The number of H-pyrrole nitrogens is 1. The van der Waals surface area contributed by atoms with Crippen molar-refractivity contribution in [2.45, 2.75) is 33.7 Å². The number of nitrogens with one attached hydrogen (secondary N) is 1. The lowest BCUT2D eigenvalue weighted by Crippen LogP contribution is -2.11. The molecule has 5 nitrogen and oxygen atoms in total. The smallest absolute Gasteiger partial charge is 0.134 e. The molecule has 1 aromatic carbocycles. The van der Waals surface area contributed by atoms with Crippen LogP contribution in [0.4, 0.5) is 4.39 Å². The van der Waals surface area contributed by atoms with Gasteiger partial charge in [-0.05, 0) is 33.3 Å². The van der Waals surface area contributed by atoms with Crippen LogP contribution >= 0.6 is 0 Å². The Bertz CT molecular complexity index is 903. The first-order valence-electron chi connectivity index (χ1n) is 7.53. The fraction of sp³-hybridized carbons (Fsp3) is 0.294. The molecule has 23 heavy (non-hydrogen) atoms. The second-order valence-corrected chi connectivity index (χ2v) is 5.77. The number of hydrogen-bond acceptors (Lipinski definition) is 3. The van der Waals surface area contributed by atoms with Crippen LogP contribution in [0.15, 0.2) is 24.8 Å². The molecule has 0 amide bonds. The highest BCUT2D eigenvalue weighted by Crippen LogP contribution is 2.35. The van der Waals surface area contributed by atoms with Crippen LogP contribution in [0.2, 0.25) is 0 Å². The van der Waals surface area contributed by atoms with Crippen molar-refractivity contribution in [3.05, 3.63) is 53.0 Å². The van der Waals surface area contributed by atoms with Gasteiger partial charge < -0.3 is 10.3 Å². The van der Waals surface area contributed by atoms with Crippen molar-refractivity contribution in [1.82, 2.24) is 19.7 Å². The molecule has 3 N–H and O–H groups in total. The first-order chi connectivity index (χ1) is 11.0. The number of fused-ring (bicyclic) bond motifs is 1. The Morgan fingerprint density at radius 3 is 2.78 bits per heavy atom. The lowest BCUT2D eigenvalue weighted by atomic mass is 9.94. The molecule has 0 radical (unpaired) electrons. The summed E-state index contributed by atoms with van der Waals surface area (Å²) in [5, 5.41) is 7.86. The van der Waals surface area contributed by atoms with E-state index >= 15 is 4.39 Å². The Labute approximate surface area is 134 Å². The quantitative estimate of drug-likeness (QED) is 0.778. The van der Waals surface area contributed by atoms with Crippen molar-refractivity contribution >= 4 is 16.6 Å². The minimum atomic E-state index is -0.264. The summed E-state index contributed by atoms with van der Waals surface area (Å²) in [4.78, 5) is 4.23. The average molecular weight is 313 g/mol. The summed E-state index contributed by atoms with van der Waals surface area (Å²) in [5.41, 5.74) is 9.99. The van der Waals surface area contributed by atoms with Gasteiger partial charge in [0.15, 0.2) is 0 Å². The van der Waals surface area contributed by atoms with Gasteiger partial charge in [-0.3, -0.25) is 5.10 Å². The molecule has 3 rings (SSSR count). The molecule has 0 aliphatic rings. The predicted octanol–water partition coefficient (Wildman–Crippen LogP) is 3.44. The number of aromatic amines is 1. The van der Waals surface area contributed by atoms with Crippen LogP contribution in [0.5, 0.6) is 0 Å². The number of nitrogens with zero attached hydrogens (tertiary/aromatic N) is 3. The molecule has 0 aliphatic carbocycles. The molecule has 0 aliphatic heterocycles. The van der Waals surface area contributed by atoms with Crippen LogP contribution in [-0.4, -0.2) is 19.7 Å². The number of hydrogen-bond donors (Lipinski definition) is 2. The third-order valence-corrected chi connectivity index (χ3v) is 4.31. The van der Waals surface area contributed by atoms with E-state index in [0.29, 0.717) is 27.9 Å². The topological polar surface area (TPSA) is 72.5 Å². The number of imidazole rings is 1. The maximum absolute atomic E-state index is 15.1. The van der Waals surface area contributed by atoms with E-state index in [0.717, 1.165) is 11.1 Å². The van der Waals surface area contributed by atoms with E-state index in [4.69, 9.17) is 5.73 Å². The van der Waals surface area contributed by atoms with Gasteiger partial charge in [-0.15, -0.1) is 0 Å². The molecule has 3 aromatic rings. The molecule has 2 aromatic heterocycles. The van der Waals surface area contributed by atoms with E-state index in [1.54, 1.807) is 25.5 Å². The van der Waals surface area contributed by atoms with Crippen LogP contribution in [0.1, 0.15) is 42.3 Å². The van der Waals surface area contributed by atoms with Crippen molar-refractivity contribution < 1.29 is 4.39 Å². The molecule has 6 heteroatoms. The Hall–Kier alpha value is -2.63. The number of aryl methyl sites for hydroxylation is 1. The molecule has 1 atom stereocenters. The van der Waals surface area contributed by atoms with Gasteiger partial charge in [0.05, 0.1) is 29.8 Å². The summed E-state index contributed by atoms with van der Waals surface area (Å²) in [6.07, 6.45) is 7.08. The zero-order valence-electron chi connectivity index (χ0n) is 13.7. The van der Waals surface area contributed by atoms with Gasteiger partial charge in [0.25, 0.3) is 0 Å². The number of allylic oxidation sites excluding steroid dienone is 1. The van der Waals surface area contributed by atoms with Crippen LogP contribution < -0.4 is 5.73 Å². The lowest BCUT2D eigenvalue weighted by molar-refractivity contribution is 0.554. The monoisotopic (exact) mass is 313 g/mol. The summed E-state index contributed by atoms with van der Waals surface area (Å²) in [6.45, 7) is 7.44. The molecule has 1 unspecified atom stereocenters. The largest absolute Gasteiger partial charge is 0.398 e. The molecular weight excluding hydrogens is 293 g/mol. The van der Waals surface area contributed by atoms with Gasteiger partial charge in [0.1, 0.15) is 5.82 Å². The maximum atomic E-state index is 15.1. The zero-order valence-corrected chi connectivity index (χ0v) is 13.7. The standard InChI is InChI=1S/C17H20FN5/c1-5-13(19)14-10(3)16(18)15(17-12(14)6-21-22-17)11(4)23-7-9(2)20-8-23/h5-8,11H,19H2,1-4H3,(H,21,22)/b13-5-. The normalized spacial score (nSPS) is 13.7. The molecular formula is C17H20FN5. The van der Waals surface area contributed by atoms with Gasteiger partial charge in [-0.25, -0.2) is 9.37 Å². The molecule has 2 heterocycles. The first-order valence-corrected chi connectivity index (χ1v) is 7.53. The van der Waals surface area contributed by atoms with E-state index in [9.17, 15) is 0 Å². The van der Waals surface area contributed by atoms with Crippen LogP contribution in [-0.2, 0) is 0 Å². The van der Waals surface area contributed by atoms with E-state index < -0.39 is 0 Å². The van der Waals surface area contributed by atoms with Gasteiger partial charge in [0.2, 0.25) is 0 Å². The number of aromatic nitrogens is 4. The van der Waals surface area contributed by atoms with E-state index in [-0.39, 0.29) is 11.9 Å². The summed E-state index contributed by atoms with van der Waals surface area (Å²) < 4.78 is 17.0. The Morgan fingerprint density at radius 1 is 1.43 bits per heavy atom. The third kappa shape index (κ3) is 2.30. The zero-order chi connectivity index (χ0) is 16.7. The minimum absolute atomic E-state index is 0.210. The Kier molecular flexibility index (Phi) is 3.67. The second-order valence-electron chi connectivity index (χ2n) is 5.77. The fourth-order valence-electron chi connectivity index (χ4n) is 3.01. The summed E-state index contributed by atoms with van der Waals surface area (Å²) in [6, 6.07) is -0.210. The van der Waals surface area contributed by atoms with Gasteiger partial charge in [0, 0.05) is 28.4 Å². The second kappa shape index (κ2) is 5.53. The van der Waals surface area contributed by atoms with Crippen LogP contribution in [0, 0.1) is 19.7 Å². The number of rotatable bonds is 3. The van der Waals surface area contributed by atoms with Crippen molar-refractivity contribution in [3.63, 3.8) is 0 Å². The first kappa shape index (κ1) is 15.3. The fourth-order valence-corrected chi connectivity index (χ4v) is 3.01. The van der Waals surface area contributed by atoms with Gasteiger partial charge in [-0.1, -0.05) is 6.08 Å². The Morgan fingerprint density at radius 2 is 2.17 bits per heavy atom. The molecule has 0 saturated heterocycles. The van der Waals surface area contributed by atoms with Crippen LogP contribution in [0.25, 0.3) is 16.6 Å². The van der Waals surface area contributed by atoms with Gasteiger partial charge >= 0.3 is 0 Å². The summed E-state index contributed by atoms with van der Waals surface area (Å²) in [5.74, 6) is -0.264. The summed E-state index contributed by atoms with van der Waals surface area (Å²) in [7, 11) is 0. The molecule has 0 spiro atoms. The lowest BCUT2D eigenvalue weighted by Gasteiger charge is -2.19. The number of halogens is 1. The Balaban J connectivity index is 2.31. The van der Waals surface area contributed by atoms with E-state index in [2.05, 4.69) is 15.2 Å². The molecule has 0 saturated carbocycles. The van der Waals surface area contributed by atoms with Crippen molar-refractivity contribution in [2.75, 3.05) is 0 Å². The van der Waals surface area contributed by atoms with E-state index in [1.165, 1.54) is 0 Å². The molecule has 120 valence electrons. The molecule has 0 bridgehead atoms. The highest BCUT2D eigenvalue weighted by Gasteiger charge is 2.24. The van der Waals surface area contributed by atoms with Gasteiger partial charge in [-0.2, -0.15) is 5.10 Å². The predicted molar refractivity (Wildman–Crippen MR) is 89.4 cm³/mol. The third-order valence-electron chi connectivity index (χ3n) is 4.31. The number of nitrogens with two attached hydrogens (primary N) is 1. The molecule has 0 fully saturated rings. The number of benzene rings is 1. The summed E-state index contributed by atoms with van der Waals surface area (Å²) >= 11 is 0. The van der Waals surface area contributed by atoms with Crippen LogP contribution in [0.3, 0.4) is 0 Å². The maximum Gasteiger partial charge on any atom is 0.134 e. The van der Waals surface area contributed by atoms with Crippen molar-refractivity contribution in [3.8, 4) is 0 Å². The van der Waals surface area contributed by atoms with Crippen molar-refractivity contribution in [1.29, 1.82) is 0 Å². The highest BCUT2D eigenvalue weighted by molar-refractivity contribution is 5.94. The minimum Gasteiger partial charge on any atom is -0.398 e. The van der Waals surface area contributed by atoms with Crippen molar-refractivity contribution in [2.24, 2.45) is 5.73 Å². The van der Waals surface area contributed by atoms with E-state index in [1.807, 2.05) is 31.5 Å². The average Bonchev–Trinajstić information content (AvgIpc) is 3.16. The highest BCUT2D eigenvalue weighted by atomic mass is 19.1.